The Morgan fingerprint density at radius 3 is 2.58 bits per heavy atom. The first-order valence-corrected chi connectivity index (χ1v) is 11.7. The Balaban J connectivity index is 1.23. The van der Waals surface area contributed by atoms with Crippen molar-refractivity contribution >= 4 is 22.5 Å². The Kier molecular flexibility index (Phi) is 5.42. The third-order valence-corrected chi connectivity index (χ3v) is 6.28. The summed E-state index contributed by atoms with van der Waals surface area (Å²) in [6, 6.07) is 23.0. The summed E-state index contributed by atoms with van der Waals surface area (Å²) in [5.74, 6) is 2.54. The lowest BCUT2D eigenvalue weighted by atomic mass is 10.1. The first-order valence-electron chi connectivity index (χ1n) is 11.7. The molecule has 0 fully saturated rings. The molecule has 3 aromatic carbocycles. The smallest absolute Gasteiger partial charge is 0.151 e. The second kappa shape index (κ2) is 8.90. The minimum atomic E-state index is -0.0469. The number of benzene rings is 3. The molecule has 0 saturated carbocycles. The van der Waals surface area contributed by atoms with E-state index in [4.69, 9.17) is 25.7 Å². The molecule has 180 valence electrons. The molecule has 1 aliphatic heterocycles. The molecule has 0 aliphatic carbocycles. The van der Waals surface area contributed by atoms with E-state index in [2.05, 4.69) is 14.5 Å². The fourth-order valence-electron chi connectivity index (χ4n) is 4.62. The molecule has 0 saturated heterocycles. The van der Waals surface area contributed by atoms with E-state index in [0.29, 0.717) is 42.0 Å². The van der Waals surface area contributed by atoms with Gasteiger partial charge in [-0.15, -0.1) is 0 Å². The molecule has 1 atom stereocenters. The Morgan fingerprint density at radius 2 is 1.75 bits per heavy atom. The highest BCUT2D eigenvalue weighted by molar-refractivity contribution is 5.91. The average Bonchev–Trinajstić information content (AvgIpc) is 3.42. The minimum absolute atomic E-state index is 0.0469. The van der Waals surface area contributed by atoms with Gasteiger partial charge in [-0.1, -0.05) is 18.2 Å². The van der Waals surface area contributed by atoms with E-state index in [1.807, 2.05) is 79.7 Å². The van der Waals surface area contributed by atoms with Crippen LogP contribution >= 0.6 is 0 Å². The summed E-state index contributed by atoms with van der Waals surface area (Å²) in [6.07, 6.45) is 1.45. The number of ether oxygens (including phenoxy) is 3. The van der Waals surface area contributed by atoms with Crippen LogP contribution in [0.15, 0.2) is 79.1 Å². The molecule has 8 nitrogen and oxygen atoms in total. The zero-order valence-electron chi connectivity index (χ0n) is 19.7. The van der Waals surface area contributed by atoms with Crippen molar-refractivity contribution in [2.75, 3.05) is 11.5 Å². The molecule has 1 unspecified atom stereocenters. The molecule has 8 heteroatoms. The SMILES string of the molecule is CC1OCc2c1c1ncnc(N)c1n2-c1ccc(Oc2cccc(OCc3cccc(N)c3)c2)cc1. The van der Waals surface area contributed by atoms with Crippen LogP contribution in [0.3, 0.4) is 0 Å². The number of nitrogens with zero attached hydrogens (tertiary/aromatic N) is 3. The van der Waals surface area contributed by atoms with E-state index < -0.39 is 0 Å². The standard InChI is InChI=1S/C28H25N5O3/c1-17-25-24(15-34-17)33(27-26(25)31-16-32-28(27)30)20-8-10-21(11-9-20)36-23-7-3-6-22(13-23)35-14-18-4-2-5-19(29)12-18/h2-13,16-17H,14-15,29H2,1H3,(H2,30,31,32). The summed E-state index contributed by atoms with van der Waals surface area (Å²) in [5, 5.41) is 0. The highest BCUT2D eigenvalue weighted by atomic mass is 16.5. The van der Waals surface area contributed by atoms with Crippen molar-refractivity contribution < 1.29 is 14.2 Å². The Labute approximate surface area is 208 Å². The van der Waals surface area contributed by atoms with Crippen molar-refractivity contribution in [3.8, 4) is 22.9 Å². The van der Waals surface area contributed by atoms with Gasteiger partial charge in [-0.3, -0.25) is 0 Å². The average molecular weight is 480 g/mol. The lowest BCUT2D eigenvalue weighted by molar-refractivity contribution is 0.0783. The molecule has 3 heterocycles. The number of hydrogen-bond acceptors (Lipinski definition) is 7. The topological polar surface area (TPSA) is 110 Å². The Hall–Kier alpha value is -4.56. The highest BCUT2D eigenvalue weighted by Gasteiger charge is 2.30. The number of anilines is 2. The zero-order chi connectivity index (χ0) is 24.6. The van der Waals surface area contributed by atoms with E-state index in [1.54, 1.807) is 0 Å². The van der Waals surface area contributed by atoms with E-state index in [9.17, 15) is 0 Å². The monoisotopic (exact) mass is 479 g/mol. The van der Waals surface area contributed by atoms with Crippen molar-refractivity contribution in [3.63, 3.8) is 0 Å². The molecule has 0 bridgehead atoms. The fourth-order valence-corrected chi connectivity index (χ4v) is 4.62. The van der Waals surface area contributed by atoms with Crippen molar-refractivity contribution in [1.82, 2.24) is 14.5 Å². The lowest BCUT2D eigenvalue weighted by Crippen LogP contribution is -2.03. The van der Waals surface area contributed by atoms with Crippen LogP contribution in [0.5, 0.6) is 17.2 Å². The second-order valence-electron chi connectivity index (χ2n) is 8.71. The molecule has 36 heavy (non-hydrogen) atoms. The van der Waals surface area contributed by atoms with Gasteiger partial charge >= 0.3 is 0 Å². The predicted octanol–water partition coefficient (Wildman–Crippen LogP) is 5.55. The summed E-state index contributed by atoms with van der Waals surface area (Å²) in [6.45, 7) is 2.94. The largest absolute Gasteiger partial charge is 0.489 e. The normalized spacial score (nSPS) is 14.6. The number of nitrogen functional groups attached to an aromatic ring is 2. The zero-order valence-corrected chi connectivity index (χ0v) is 19.7. The van der Waals surface area contributed by atoms with Gasteiger partial charge in [-0.25, -0.2) is 9.97 Å². The molecule has 4 N–H and O–H groups in total. The number of fused-ring (bicyclic) bond motifs is 3. The maximum atomic E-state index is 6.26. The summed E-state index contributed by atoms with van der Waals surface area (Å²) >= 11 is 0. The first kappa shape index (κ1) is 21.9. The van der Waals surface area contributed by atoms with Crippen LogP contribution in [0.1, 0.15) is 29.8 Å². The van der Waals surface area contributed by atoms with Crippen LogP contribution in [0.25, 0.3) is 16.7 Å². The van der Waals surface area contributed by atoms with Gasteiger partial charge < -0.3 is 30.2 Å². The van der Waals surface area contributed by atoms with Gasteiger partial charge in [0.15, 0.2) is 5.82 Å². The van der Waals surface area contributed by atoms with E-state index in [-0.39, 0.29) is 6.10 Å². The molecule has 0 spiro atoms. The van der Waals surface area contributed by atoms with Gasteiger partial charge in [0, 0.05) is 23.0 Å². The fraction of sp³-hybridized carbons (Fsp3) is 0.143. The third-order valence-electron chi connectivity index (χ3n) is 6.28. The summed E-state index contributed by atoms with van der Waals surface area (Å²) in [4.78, 5) is 8.71. The van der Waals surface area contributed by atoms with Gasteiger partial charge in [0.25, 0.3) is 0 Å². The second-order valence-corrected chi connectivity index (χ2v) is 8.71. The van der Waals surface area contributed by atoms with Crippen LogP contribution in [-0.2, 0) is 18.0 Å². The maximum absolute atomic E-state index is 6.26. The third kappa shape index (κ3) is 3.97. The quantitative estimate of drug-likeness (QED) is 0.307. The summed E-state index contributed by atoms with van der Waals surface area (Å²) in [7, 11) is 0. The van der Waals surface area contributed by atoms with E-state index in [1.165, 1.54) is 6.33 Å². The summed E-state index contributed by atoms with van der Waals surface area (Å²) in [5.41, 5.74) is 18.5. The number of aromatic nitrogens is 3. The van der Waals surface area contributed by atoms with Crippen molar-refractivity contribution in [2.45, 2.75) is 26.2 Å². The number of nitrogens with two attached hydrogens (primary N) is 2. The van der Waals surface area contributed by atoms with Crippen LogP contribution in [-0.4, -0.2) is 14.5 Å². The first-order chi connectivity index (χ1) is 17.6. The molecule has 0 amide bonds. The minimum Gasteiger partial charge on any atom is -0.489 e. The van der Waals surface area contributed by atoms with Gasteiger partial charge in [0.2, 0.25) is 0 Å². The van der Waals surface area contributed by atoms with Crippen LogP contribution < -0.4 is 20.9 Å². The Bertz CT molecular complexity index is 1560. The molecule has 1 aliphatic rings. The lowest BCUT2D eigenvalue weighted by Gasteiger charge is -2.12. The molecule has 2 aromatic heterocycles. The van der Waals surface area contributed by atoms with E-state index >= 15 is 0 Å². The van der Waals surface area contributed by atoms with Crippen molar-refractivity contribution in [3.05, 3.63) is 95.9 Å². The molecule has 5 aromatic rings. The van der Waals surface area contributed by atoms with Crippen LogP contribution in [0, 0.1) is 0 Å². The van der Waals surface area contributed by atoms with Crippen molar-refractivity contribution in [2.24, 2.45) is 0 Å². The van der Waals surface area contributed by atoms with Crippen LogP contribution in [0.4, 0.5) is 11.5 Å². The highest BCUT2D eigenvalue weighted by Crippen LogP contribution is 2.41. The van der Waals surface area contributed by atoms with Gasteiger partial charge in [0.1, 0.15) is 41.2 Å². The summed E-state index contributed by atoms with van der Waals surface area (Å²) < 4.78 is 20.0. The van der Waals surface area contributed by atoms with Gasteiger partial charge in [-0.05, 0) is 61.0 Å². The predicted molar refractivity (Wildman–Crippen MR) is 138 cm³/mol. The Morgan fingerprint density at radius 1 is 0.944 bits per heavy atom. The molecule has 6 rings (SSSR count). The van der Waals surface area contributed by atoms with Crippen LogP contribution in [0.2, 0.25) is 0 Å². The number of rotatable bonds is 6. The molecular formula is C28H25N5O3. The molecular weight excluding hydrogens is 454 g/mol. The molecule has 0 radical (unpaired) electrons. The maximum Gasteiger partial charge on any atom is 0.151 e. The van der Waals surface area contributed by atoms with Gasteiger partial charge in [0.05, 0.1) is 18.4 Å². The number of hydrogen-bond donors (Lipinski definition) is 2. The van der Waals surface area contributed by atoms with E-state index in [0.717, 1.165) is 33.5 Å². The van der Waals surface area contributed by atoms with Gasteiger partial charge in [-0.2, -0.15) is 0 Å². The van der Waals surface area contributed by atoms with Crippen molar-refractivity contribution in [1.29, 1.82) is 0 Å².